The van der Waals surface area contributed by atoms with Crippen LogP contribution >= 0.6 is 15.9 Å². The summed E-state index contributed by atoms with van der Waals surface area (Å²) in [6, 6.07) is 3.63. The third kappa shape index (κ3) is 5.70. The van der Waals surface area contributed by atoms with E-state index < -0.39 is 9.84 Å². The Morgan fingerprint density at radius 2 is 2.18 bits per heavy atom. The van der Waals surface area contributed by atoms with Crippen LogP contribution in [-0.4, -0.2) is 27.0 Å². The molecule has 6 heteroatoms. The van der Waals surface area contributed by atoms with E-state index in [0.717, 1.165) is 18.7 Å². The minimum Gasteiger partial charge on any atom is -0.453 e. The lowest BCUT2D eigenvalue weighted by Gasteiger charge is -2.15. The van der Waals surface area contributed by atoms with Crippen LogP contribution < -0.4 is 5.32 Å². The SMILES string of the molecule is CCCNC(CCS(C)(=O)=O)c1ccc(Br)o1. The van der Waals surface area contributed by atoms with E-state index in [0.29, 0.717) is 11.1 Å². The van der Waals surface area contributed by atoms with Gasteiger partial charge >= 0.3 is 0 Å². The van der Waals surface area contributed by atoms with Crippen LogP contribution in [0, 0.1) is 0 Å². The summed E-state index contributed by atoms with van der Waals surface area (Å²) in [4.78, 5) is 0. The van der Waals surface area contributed by atoms with Gasteiger partial charge in [0.15, 0.2) is 4.67 Å². The highest BCUT2D eigenvalue weighted by Gasteiger charge is 2.16. The lowest BCUT2D eigenvalue weighted by atomic mass is 10.1. The van der Waals surface area contributed by atoms with Crippen molar-refractivity contribution in [3.63, 3.8) is 0 Å². The second-order valence-corrected chi connectivity index (χ2v) is 7.11. The summed E-state index contributed by atoms with van der Waals surface area (Å²) in [5.74, 6) is 0.932. The highest BCUT2D eigenvalue weighted by atomic mass is 79.9. The van der Waals surface area contributed by atoms with Gasteiger partial charge in [-0.05, 0) is 47.4 Å². The van der Waals surface area contributed by atoms with Gasteiger partial charge in [0.25, 0.3) is 0 Å². The van der Waals surface area contributed by atoms with Gasteiger partial charge in [0, 0.05) is 6.26 Å². The average Bonchev–Trinajstić information content (AvgIpc) is 2.63. The molecule has 4 nitrogen and oxygen atoms in total. The molecule has 1 aromatic heterocycles. The van der Waals surface area contributed by atoms with Gasteiger partial charge in [-0.3, -0.25) is 0 Å². The molecule has 0 saturated heterocycles. The first-order valence-corrected chi connectivity index (χ1v) is 8.44. The monoisotopic (exact) mass is 323 g/mol. The zero-order valence-corrected chi connectivity index (χ0v) is 12.5. The van der Waals surface area contributed by atoms with Crippen molar-refractivity contribution in [3.05, 3.63) is 22.6 Å². The normalized spacial score (nSPS) is 13.8. The van der Waals surface area contributed by atoms with Crippen molar-refractivity contribution in [1.82, 2.24) is 5.32 Å². The third-order valence-corrected chi connectivity index (χ3v) is 3.76. The molecular formula is C11H18BrNO3S. The summed E-state index contributed by atoms with van der Waals surface area (Å²) in [7, 11) is -2.94. The Bertz CT molecular complexity index is 441. The standard InChI is InChI=1S/C11H18BrNO3S/c1-3-7-13-9(6-8-17(2,14)15)10-4-5-11(12)16-10/h4-5,9,13H,3,6-8H2,1-2H3. The first-order chi connectivity index (χ1) is 7.92. The molecule has 0 saturated carbocycles. The van der Waals surface area contributed by atoms with Crippen LogP contribution in [0.3, 0.4) is 0 Å². The first kappa shape index (κ1) is 14.7. The molecule has 1 atom stereocenters. The zero-order chi connectivity index (χ0) is 12.9. The Morgan fingerprint density at radius 3 is 2.65 bits per heavy atom. The van der Waals surface area contributed by atoms with Crippen LogP contribution in [0.25, 0.3) is 0 Å². The molecule has 0 spiro atoms. The maximum Gasteiger partial charge on any atom is 0.169 e. The van der Waals surface area contributed by atoms with E-state index in [2.05, 4.69) is 28.2 Å². The van der Waals surface area contributed by atoms with Crippen LogP contribution in [-0.2, 0) is 9.84 Å². The van der Waals surface area contributed by atoms with Crippen molar-refractivity contribution in [2.45, 2.75) is 25.8 Å². The van der Waals surface area contributed by atoms with Crippen molar-refractivity contribution in [1.29, 1.82) is 0 Å². The summed E-state index contributed by atoms with van der Waals surface area (Å²) in [6.07, 6.45) is 2.78. The number of halogens is 1. The second-order valence-electron chi connectivity index (χ2n) is 4.07. The van der Waals surface area contributed by atoms with Crippen LogP contribution in [0.2, 0.25) is 0 Å². The minimum atomic E-state index is -2.94. The van der Waals surface area contributed by atoms with Crippen molar-refractivity contribution in [2.75, 3.05) is 18.6 Å². The Morgan fingerprint density at radius 1 is 1.47 bits per heavy atom. The summed E-state index contributed by atoms with van der Waals surface area (Å²) in [5, 5.41) is 3.29. The first-order valence-electron chi connectivity index (χ1n) is 5.58. The molecule has 0 radical (unpaired) electrons. The van der Waals surface area contributed by atoms with Crippen molar-refractivity contribution < 1.29 is 12.8 Å². The molecule has 0 bridgehead atoms. The number of nitrogens with one attached hydrogen (secondary N) is 1. The van der Waals surface area contributed by atoms with E-state index >= 15 is 0 Å². The Labute approximate surface area is 111 Å². The van der Waals surface area contributed by atoms with E-state index in [9.17, 15) is 8.42 Å². The largest absolute Gasteiger partial charge is 0.453 e. The molecule has 17 heavy (non-hydrogen) atoms. The Balaban J connectivity index is 2.67. The Kier molecular flexibility index (Phi) is 5.69. The molecule has 0 aromatic carbocycles. The minimum absolute atomic E-state index is 0.0454. The summed E-state index contributed by atoms with van der Waals surface area (Å²) in [5.41, 5.74) is 0. The molecule has 0 amide bonds. The number of furan rings is 1. The fourth-order valence-electron chi connectivity index (χ4n) is 1.51. The highest BCUT2D eigenvalue weighted by Crippen LogP contribution is 2.23. The molecule has 1 aromatic rings. The smallest absolute Gasteiger partial charge is 0.169 e. The molecule has 0 fully saturated rings. The summed E-state index contributed by atoms with van der Waals surface area (Å²) >= 11 is 3.25. The van der Waals surface area contributed by atoms with Crippen molar-refractivity contribution in [2.24, 2.45) is 0 Å². The predicted octanol–water partition coefficient (Wildman–Crippen LogP) is 2.52. The van der Waals surface area contributed by atoms with E-state index in [1.807, 2.05) is 12.1 Å². The van der Waals surface area contributed by atoms with Crippen LogP contribution in [0.15, 0.2) is 21.2 Å². The van der Waals surface area contributed by atoms with Crippen LogP contribution in [0.5, 0.6) is 0 Å². The fraction of sp³-hybridized carbons (Fsp3) is 0.636. The molecule has 98 valence electrons. The number of sulfone groups is 1. The predicted molar refractivity (Wildman–Crippen MR) is 71.8 cm³/mol. The van der Waals surface area contributed by atoms with Gasteiger partial charge in [0.1, 0.15) is 15.6 Å². The van der Waals surface area contributed by atoms with Crippen molar-refractivity contribution >= 4 is 25.8 Å². The lowest BCUT2D eigenvalue weighted by Crippen LogP contribution is -2.24. The van der Waals surface area contributed by atoms with Gasteiger partial charge in [0.2, 0.25) is 0 Å². The van der Waals surface area contributed by atoms with Gasteiger partial charge in [-0.25, -0.2) is 8.42 Å². The zero-order valence-electron chi connectivity index (χ0n) is 10.1. The summed E-state index contributed by atoms with van der Waals surface area (Å²) in [6.45, 7) is 2.91. The molecule has 1 unspecified atom stereocenters. The van der Waals surface area contributed by atoms with E-state index in [4.69, 9.17) is 4.42 Å². The van der Waals surface area contributed by atoms with Gasteiger partial charge in [0.05, 0.1) is 11.8 Å². The van der Waals surface area contributed by atoms with Crippen molar-refractivity contribution in [3.8, 4) is 0 Å². The second kappa shape index (κ2) is 6.56. The van der Waals surface area contributed by atoms with Gasteiger partial charge in [-0.2, -0.15) is 0 Å². The maximum absolute atomic E-state index is 11.2. The quantitative estimate of drug-likeness (QED) is 0.837. The molecule has 0 aliphatic rings. The van der Waals surface area contributed by atoms with E-state index in [-0.39, 0.29) is 11.8 Å². The van der Waals surface area contributed by atoms with Gasteiger partial charge < -0.3 is 9.73 Å². The number of rotatable bonds is 7. The topological polar surface area (TPSA) is 59.3 Å². The molecule has 1 heterocycles. The molecule has 1 N–H and O–H groups in total. The molecule has 0 aliphatic heterocycles. The average molecular weight is 324 g/mol. The third-order valence-electron chi connectivity index (χ3n) is 2.36. The Hall–Kier alpha value is -0.330. The maximum atomic E-state index is 11.2. The van der Waals surface area contributed by atoms with E-state index in [1.165, 1.54) is 6.26 Å². The van der Waals surface area contributed by atoms with Crippen LogP contribution in [0.1, 0.15) is 31.6 Å². The lowest BCUT2D eigenvalue weighted by molar-refractivity contribution is 0.395. The highest BCUT2D eigenvalue weighted by molar-refractivity contribution is 9.10. The summed E-state index contributed by atoms with van der Waals surface area (Å²) < 4.78 is 28.5. The molecule has 0 aliphatic carbocycles. The van der Waals surface area contributed by atoms with Crippen LogP contribution in [0.4, 0.5) is 0 Å². The fourth-order valence-corrected chi connectivity index (χ4v) is 2.49. The van der Waals surface area contributed by atoms with E-state index in [1.54, 1.807) is 0 Å². The van der Waals surface area contributed by atoms with Gasteiger partial charge in [-0.1, -0.05) is 6.92 Å². The number of hydrogen-bond acceptors (Lipinski definition) is 4. The molecular weight excluding hydrogens is 306 g/mol. The molecule has 1 rings (SSSR count). The van der Waals surface area contributed by atoms with Gasteiger partial charge in [-0.15, -0.1) is 0 Å². The number of hydrogen-bond donors (Lipinski definition) is 1.